The molecule has 2 N–H and O–H groups in total. The number of hydrogen-bond acceptors (Lipinski definition) is 9. The molecule has 1 aliphatic rings. The summed E-state index contributed by atoms with van der Waals surface area (Å²) in [6.45, 7) is 2.06. The maximum absolute atomic E-state index is 12.3. The number of H-pyrrole nitrogens is 1. The maximum Gasteiger partial charge on any atom is 0.228 e. The quantitative estimate of drug-likeness (QED) is 0.332. The standard InChI is InChI=1S/C23H21N9O2S2/c1-2-36(33,34)31-12-23(13-31,6-7-24)32-11-15(10-27-32)20-21-18(5-8-35-21)29-22(30-20)28-16-3-4-17-19(9-16)26-14-25-17/h3-5,8-11,14H,2,6,12-13H2,1H3,(H,25,26)(H,28,29,30). The Labute approximate surface area is 210 Å². The Hall–Kier alpha value is -3.86. The lowest BCUT2D eigenvalue weighted by molar-refractivity contribution is 0.0719. The van der Waals surface area contributed by atoms with E-state index in [0.29, 0.717) is 11.6 Å². The van der Waals surface area contributed by atoms with Crippen LogP contribution in [0.5, 0.6) is 0 Å². The van der Waals surface area contributed by atoms with Gasteiger partial charge in [0.1, 0.15) is 5.54 Å². The first kappa shape index (κ1) is 22.6. The minimum absolute atomic E-state index is 0.0279. The summed E-state index contributed by atoms with van der Waals surface area (Å²) in [4.78, 5) is 16.8. The zero-order valence-corrected chi connectivity index (χ0v) is 20.8. The lowest BCUT2D eigenvalue weighted by atomic mass is 9.89. The molecule has 0 spiro atoms. The van der Waals surface area contributed by atoms with Gasteiger partial charge in [-0.15, -0.1) is 11.3 Å². The van der Waals surface area contributed by atoms with Gasteiger partial charge in [0.05, 0.1) is 57.7 Å². The van der Waals surface area contributed by atoms with Crippen molar-refractivity contribution in [2.24, 2.45) is 0 Å². The number of benzene rings is 1. The summed E-state index contributed by atoms with van der Waals surface area (Å²) in [5.74, 6) is 0.467. The molecule has 5 heterocycles. The molecule has 0 unspecified atom stereocenters. The Bertz CT molecular complexity index is 1740. The number of hydrogen-bond donors (Lipinski definition) is 2. The molecule has 36 heavy (non-hydrogen) atoms. The molecule has 4 aromatic heterocycles. The Morgan fingerprint density at radius 2 is 2.11 bits per heavy atom. The van der Waals surface area contributed by atoms with Crippen LogP contribution in [0, 0.1) is 11.3 Å². The van der Waals surface area contributed by atoms with Crippen LogP contribution in [0.2, 0.25) is 0 Å². The first-order valence-electron chi connectivity index (χ1n) is 11.3. The fourth-order valence-corrected chi connectivity index (χ4v) is 6.51. The third-order valence-corrected chi connectivity index (χ3v) is 9.12. The van der Waals surface area contributed by atoms with Crippen molar-refractivity contribution in [3.63, 3.8) is 0 Å². The van der Waals surface area contributed by atoms with Crippen molar-refractivity contribution in [3.05, 3.63) is 48.4 Å². The molecule has 0 amide bonds. The number of rotatable bonds is 7. The molecule has 13 heteroatoms. The number of aromatic nitrogens is 6. The van der Waals surface area contributed by atoms with Gasteiger partial charge in [0, 0.05) is 30.5 Å². The number of anilines is 2. The number of nitrogens with one attached hydrogen (secondary N) is 2. The minimum Gasteiger partial charge on any atom is -0.345 e. The molecular formula is C23H21N9O2S2. The highest BCUT2D eigenvalue weighted by molar-refractivity contribution is 7.89. The van der Waals surface area contributed by atoms with Crippen LogP contribution in [0.15, 0.2) is 48.4 Å². The number of fused-ring (bicyclic) bond motifs is 2. The van der Waals surface area contributed by atoms with Crippen LogP contribution in [-0.4, -0.2) is 61.3 Å². The number of thiophene rings is 1. The van der Waals surface area contributed by atoms with E-state index in [9.17, 15) is 13.7 Å². The molecule has 1 fully saturated rings. The van der Waals surface area contributed by atoms with Crippen molar-refractivity contribution < 1.29 is 8.42 Å². The molecule has 11 nitrogen and oxygen atoms in total. The van der Waals surface area contributed by atoms with Crippen LogP contribution < -0.4 is 5.32 Å². The highest BCUT2D eigenvalue weighted by Gasteiger charge is 2.49. The monoisotopic (exact) mass is 519 g/mol. The summed E-state index contributed by atoms with van der Waals surface area (Å²) in [5.41, 5.74) is 4.17. The second-order valence-corrected chi connectivity index (χ2v) is 11.9. The minimum atomic E-state index is -3.32. The van der Waals surface area contributed by atoms with Gasteiger partial charge in [0.15, 0.2) is 0 Å². The topological polar surface area (TPSA) is 145 Å². The van der Waals surface area contributed by atoms with E-state index in [4.69, 9.17) is 4.98 Å². The predicted molar refractivity (Wildman–Crippen MR) is 137 cm³/mol. The first-order chi connectivity index (χ1) is 17.4. The Kier molecular flexibility index (Phi) is 5.25. The molecule has 1 saturated heterocycles. The van der Waals surface area contributed by atoms with Crippen LogP contribution >= 0.6 is 11.3 Å². The van der Waals surface area contributed by atoms with Gasteiger partial charge in [-0.3, -0.25) is 4.68 Å². The summed E-state index contributed by atoms with van der Waals surface area (Å²) in [5, 5.41) is 19.2. The molecular weight excluding hydrogens is 498 g/mol. The molecule has 0 saturated carbocycles. The third-order valence-electron chi connectivity index (χ3n) is 6.43. The number of imidazole rings is 1. The fourth-order valence-electron chi connectivity index (χ4n) is 4.43. The fraction of sp³-hybridized carbons (Fsp3) is 0.261. The van der Waals surface area contributed by atoms with Gasteiger partial charge in [-0.1, -0.05) is 0 Å². The second-order valence-electron chi connectivity index (χ2n) is 8.69. The zero-order chi connectivity index (χ0) is 24.9. The SMILES string of the molecule is CCS(=O)(=O)N1CC(CC#N)(n2cc(-c3nc(Nc4ccc5[nH]cnc5c4)nc4ccsc34)cn2)C1. The lowest BCUT2D eigenvalue weighted by Crippen LogP contribution is -2.64. The summed E-state index contributed by atoms with van der Waals surface area (Å²) < 4.78 is 28.6. The van der Waals surface area contributed by atoms with Gasteiger partial charge in [-0.25, -0.2) is 23.4 Å². The molecule has 0 radical (unpaired) electrons. The van der Waals surface area contributed by atoms with E-state index in [-0.39, 0.29) is 25.3 Å². The smallest absolute Gasteiger partial charge is 0.228 e. The highest BCUT2D eigenvalue weighted by Crippen LogP contribution is 2.37. The van der Waals surface area contributed by atoms with Gasteiger partial charge in [-0.05, 0) is 36.6 Å². The summed E-state index contributed by atoms with van der Waals surface area (Å²) >= 11 is 1.54. The molecule has 0 bridgehead atoms. The predicted octanol–water partition coefficient (Wildman–Crippen LogP) is 3.45. The van der Waals surface area contributed by atoms with E-state index in [0.717, 1.165) is 32.5 Å². The van der Waals surface area contributed by atoms with E-state index in [1.807, 2.05) is 35.8 Å². The highest BCUT2D eigenvalue weighted by atomic mass is 32.2. The molecule has 1 aromatic carbocycles. The summed E-state index contributed by atoms with van der Waals surface area (Å²) in [7, 11) is -3.32. The Morgan fingerprint density at radius 1 is 1.25 bits per heavy atom. The normalized spacial score (nSPS) is 15.7. The average Bonchev–Trinajstić information content (AvgIpc) is 3.61. The second kappa shape index (κ2) is 8.37. The Balaban J connectivity index is 1.35. The number of aromatic amines is 1. The van der Waals surface area contributed by atoms with Gasteiger partial charge in [-0.2, -0.15) is 14.7 Å². The van der Waals surface area contributed by atoms with Gasteiger partial charge >= 0.3 is 0 Å². The largest absolute Gasteiger partial charge is 0.345 e. The van der Waals surface area contributed by atoms with Crippen LogP contribution in [0.1, 0.15) is 13.3 Å². The lowest BCUT2D eigenvalue weighted by Gasteiger charge is -2.47. The van der Waals surface area contributed by atoms with Crippen LogP contribution in [0.4, 0.5) is 11.6 Å². The molecule has 0 atom stereocenters. The number of sulfonamides is 1. The van der Waals surface area contributed by atoms with E-state index < -0.39 is 15.6 Å². The molecule has 5 aromatic rings. The van der Waals surface area contributed by atoms with Crippen LogP contribution in [0.25, 0.3) is 32.5 Å². The van der Waals surface area contributed by atoms with Gasteiger partial charge in [0.2, 0.25) is 16.0 Å². The molecule has 6 rings (SSSR count). The van der Waals surface area contributed by atoms with E-state index in [1.54, 1.807) is 24.1 Å². The van der Waals surface area contributed by atoms with Gasteiger partial charge in [0.25, 0.3) is 0 Å². The number of nitriles is 1. The van der Waals surface area contributed by atoms with E-state index >= 15 is 0 Å². The van der Waals surface area contributed by atoms with Crippen molar-refractivity contribution in [1.82, 2.24) is 34.0 Å². The summed E-state index contributed by atoms with van der Waals surface area (Å²) in [6.07, 6.45) is 5.35. The maximum atomic E-state index is 12.3. The molecule has 1 aliphatic heterocycles. The van der Waals surface area contributed by atoms with Crippen molar-refractivity contribution in [3.8, 4) is 17.3 Å². The van der Waals surface area contributed by atoms with Gasteiger partial charge < -0.3 is 10.3 Å². The third kappa shape index (κ3) is 3.70. The van der Waals surface area contributed by atoms with Crippen molar-refractivity contribution in [2.75, 3.05) is 24.2 Å². The van der Waals surface area contributed by atoms with Crippen molar-refractivity contribution >= 4 is 54.2 Å². The van der Waals surface area contributed by atoms with Crippen LogP contribution in [-0.2, 0) is 15.6 Å². The Morgan fingerprint density at radius 3 is 2.92 bits per heavy atom. The molecule has 0 aliphatic carbocycles. The zero-order valence-electron chi connectivity index (χ0n) is 19.2. The average molecular weight is 520 g/mol. The van der Waals surface area contributed by atoms with E-state index in [2.05, 4.69) is 31.4 Å². The van der Waals surface area contributed by atoms with E-state index in [1.165, 1.54) is 15.6 Å². The van der Waals surface area contributed by atoms with Crippen molar-refractivity contribution in [2.45, 2.75) is 18.9 Å². The molecule has 182 valence electrons. The summed E-state index contributed by atoms with van der Waals surface area (Å²) in [6, 6.07) is 9.92. The first-order valence-corrected chi connectivity index (χ1v) is 13.8. The van der Waals surface area contributed by atoms with Crippen molar-refractivity contribution in [1.29, 1.82) is 5.26 Å². The van der Waals surface area contributed by atoms with Crippen LogP contribution in [0.3, 0.4) is 0 Å². The number of nitrogens with zero attached hydrogens (tertiary/aromatic N) is 7.